The molecule has 2 saturated carbocycles. The highest BCUT2D eigenvalue weighted by molar-refractivity contribution is 7.46. The van der Waals surface area contributed by atoms with Crippen molar-refractivity contribution in [1.29, 1.82) is 0 Å². The van der Waals surface area contributed by atoms with E-state index >= 15 is 0 Å². The zero-order valence-electron chi connectivity index (χ0n) is 11.2. The molecule has 4 unspecified atom stereocenters. The molecule has 0 spiro atoms. The van der Waals surface area contributed by atoms with E-state index in [2.05, 4.69) is 13.8 Å². The van der Waals surface area contributed by atoms with Crippen molar-refractivity contribution in [2.24, 2.45) is 11.8 Å². The van der Waals surface area contributed by atoms with Crippen molar-refractivity contribution >= 4 is 28.9 Å². The molecule has 17 heavy (non-hydrogen) atoms. The third kappa shape index (κ3) is 3.42. The molecular weight excluding hydrogens is 267 g/mol. The molecule has 2 fully saturated rings. The van der Waals surface area contributed by atoms with Crippen molar-refractivity contribution in [3.05, 3.63) is 0 Å². The largest absolute Gasteiger partial charge is 0.257 e. The normalized spacial score (nSPS) is 40.2. The summed E-state index contributed by atoms with van der Waals surface area (Å²) in [5.41, 5.74) is 1.34. The third-order valence-corrected chi connectivity index (χ3v) is 11.9. The summed E-state index contributed by atoms with van der Waals surface area (Å²) < 4.78 is 0. The highest BCUT2D eigenvalue weighted by atomic mass is 35.7. The summed E-state index contributed by atoms with van der Waals surface area (Å²) in [4.78, 5) is 0. The van der Waals surface area contributed by atoms with Gasteiger partial charge in [0, 0.05) is 0 Å². The maximum atomic E-state index is 6.93. The van der Waals surface area contributed by atoms with Gasteiger partial charge in [-0.1, -0.05) is 52.4 Å². The lowest BCUT2D eigenvalue weighted by molar-refractivity contribution is 0.358. The highest BCUT2D eigenvalue weighted by Gasteiger charge is 2.47. The van der Waals surface area contributed by atoms with E-state index < -0.39 is 6.69 Å². The molecule has 0 heterocycles. The fourth-order valence-corrected chi connectivity index (χ4v) is 9.56. The molecule has 2 aliphatic carbocycles. The van der Waals surface area contributed by atoms with Gasteiger partial charge < -0.3 is 0 Å². The van der Waals surface area contributed by atoms with E-state index in [-0.39, 0.29) is 0 Å². The van der Waals surface area contributed by atoms with Crippen molar-refractivity contribution in [3.63, 3.8) is 0 Å². The van der Waals surface area contributed by atoms with E-state index in [1.165, 1.54) is 51.4 Å². The topological polar surface area (TPSA) is 0 Å². The van der Waals surface area contributed by atoms with Crippen LogP contribution in [0.3, 0.4) is 0 Å². The van der Waals surface area contributed by atoms with Crippen LogP contribution in [0.4, 0.5) is 0 Å². The number of rotatable bonds is 2. The SMILES string of the molecule is CC1CCCC([Si](Cl)(Cl)C2CCCC(C)C2)C1. The average Bonchev–Trinajstić information content (AvgIpc) is 2.29. The van der Waals surface area contributed by atoms with Gasteiger partial charge >= 0.3 is 0 Å². The van der Waals surface area contributed by atoms with Gasteiger partial charge in [0.15, 0.2) is 0 Å². The Morgan fingerprint density at radius 3 is 1.53 bits per heavy atom. The molecule has 0 radical (unpaired) electrons. The van der Waals surface area contributed by atoms with Gasteiger partial charge in [-0.25, -0.2) is 0 Å². The predicted molar refractivity (Wildman–Crippen MR) is 80.2 cm³/mol. The first kappa shape index (κ1) is 14.2. The van der Waals surface area contributed by atoms with Gasteiger partial charge in [-0.05, 0) is 35.8 Å². The summed E-state index contributed by atoms with van der Waals surface area (Å²) in [6.07, 6.45) is 10.7. The van der Waals surface area contributed by atoms with Gasteiger partial charge in [-0.2, -0.15) is 0 Å². The molecule has 0 aromatic rings. The second-order valence-electron chi connectivity index (χ2n) is 6.61. The Hall–Kier alpha value is 0.797. The first-order chi connectivity index (χ1) is 8.00. The molecule has 0 N–H and O–H groups in total. The minimum atomic E-state index is -2.04. The Morgan fingerprint density at radius 1 is 0.765 bits per heavy atom. The van der Waals surface area contributed by atoms with Gasteiger partial charge in [0.25, 0.3) is 6.69 Å². The molecule has 2 rings (SSSR count). The Labute approximate surface area is 117 Å². The monoisotopic (exact) mass is 292 g/mol. The predicted octanol–water partition coefficient (Wildman–Crippen LogP) is 6.07. The first-order valence-electron chi connectivity index (χ1n) is 7.38. The summed E-state index contributed by atoms with van der Waals surface area (Å²) in [7, 11) is 0. The number of hydrogen-bond acceptors (Lipinski definition) is 0. The van der Waals surface area contributed by atoms with E-state index in [0.717, 1.165) is 11.8 Å². The number of halogens is 2. The zero-order valence-corrected chi connectivity index (χ0v) is 13.7. The summed E-state index contributed by atoms with van der Waals surface area (Å²) in [5, 5.41) is 0. The quantitative estimate of drug-likeness (QED) is 0.428. The molecule has 0 bridgehead atoms. The van der Waals surface area contributed by atoms with Crippen molar-refractivity contribution in [2.75, 3.05) is 0 Å². The molecule has 0 aromatic heterocycles. The van der Waals surface area contributed by atoms with Gasteiger partial charge in [-0.3, -0.25) is 0 Å². The van der Waals surface area contributed by atoms with Crippen LogP contribution in [0, 0.1) is 11.8 Å². The van der Waals surface area contributed by atoms with Crippen molar-refractivity contribution in [3.8, 4) is 0 Å². The van der Waals surface area contributed by atoms with E-state index in [4.69, 9.17) is 22.2 Å². The van der Waals surface area contributed by atoms with Gasteiger partial charge in [-0.15, -0.1) is 22.2 Å². The maximum Gasteiger partial charge on any atom is 0.257 e. The Balaban J connectivity index is 2.00. The van der Waals surface area contributed by atoms with Crippen LogP contribution in [0.1, 0.15) is 65.2 Å². The molecule has 100 valence electrons. The van der Waals surface area contributed by atoms with Crippen LogP contribution < -0.4 is 0 Å². The lowest BCUT2D eigenvalue weighted by atomic mass is 9.90. The molecule has 4 atom stereocenters. The summed E-state index contributed by atoms with van der Waals surface area (Å²) in [5.74, 6) is 1.69. The van der Waals surface area contributed by atoms with E-state index in [0.29, 0.717) is 11.1 Å². The summed E-state index contributed by atoms with van der Waals surface area (Å²) in [6, 6.07) is 0. The van der Waals surface area contributed by atoms with Crippen LogP contribution in [0.15, 0.2) is 0 Å². The van der Waals surface area contributed by atoms with Crippen LogP contribution in [0.5, 0.6) is 0 Å². The van der Waals surface area contributed by atoms with Crippen LogP contribution in [0.2, 0.25) is 11.1 Å². The minimum absolute atomic E-state index is 0.671. The Kier molecular flexibility index (Phi) is 4.88. The van der Waals surface area contributed by atoms with E-state index in [9.17, 15) is 0 Å². The fourth-order valence-electron chi connectivity index (χ4n) is 3.90. The molecule has 3 heteroatoms. The third-order valence-electron chi connectivity index (χ3n) is 4.96. The lowest BCUT2D eigenvalue weighted by Crippen LogP contribution is -2.37. The molecule has 2 aliphatic rings. The Bertz CT molecular complexity index is 231. The maximum absolute atomic E-state index is 6.93. The molecule has 0 aromatic carbocycles. The summed E-state index contributed by atoms with van der Waals surface area (Å²) in [6.45, 7) is 2.70. The molecule has 0 aliphatic heterocycles. The van der Waals surface area contributed by atoms with Gasteiger partial charge in [0.1, 0.15) is 0 Å². The number of hydrogen-bond donors (Lipinski definition) is 0. The second kappa shape index (κ2) is 5.84. The van der Waals surface area contributed by atoms with Crippen molar-refractivity contribution in [2.45, 2.75) is 76.3 Å². The average molecular weight is 293 g/mol. The molecule has 0 saturated heterocycles. The molecule has 0 nitrogen and oxygen atoms in total. The second-order valence-corrected chi connectivity index (χ2v) is 13.9. The van der Waals surface area contributed by atoms with Crippen LogP contribution >= 0.6 is 22.2 Å². The van der Waals surface area contributed by atoms with Gasteiger partial charge in [0.2, 0.25) is 0 Å². The lowest BCUT2D eigenvalue weighted by Gasteiger charge is -2.41. The standard InChI is InChI=1S/C14H26Cl2Si/c1-11-5-3-7-13(9-11)17(15,16)14-8-4-6-12(2)10-14/h11-14H,3-10H2,1-2H3. The zero-order chi connectivity index (χ0) is 12.5. The highest BCUT2D eigenvalue weighted by Crippen LogP contribution is 2.53. The Morgan fingerprint density at radius 2 is 1.18 bits per heavy atom. The van der Waals surface area contributed by atoms with Crippen molar-refractivity contribution < 1.29 is 0 Å². The molecule has 0 amide bonds. The first-order valence-corrected chi connectivity index (χ1v) is 11.6. The van der Waals surface area contributed by atoms with Crippen LogP contribution in [-0.2, 0) is 0 Å². The van der Waals surface area contributed by atoms with Gasteiger partial charge in [0.05, 0.1) is 0 Å². The summed E-state index contributed by atoms with van der Waals surface area (Å²) >= 11 is 13.9. The van der Waals surface area contributed by atoms with Crippen LogP contribution in [0.25, 0.3) is 0 Å². The fraction of sp³-hybridized carbons (Fsp3) is 1.00. The van der Waals surface area contributed by atoms with Crippen LogP contribution in [-0.4, -0.2) is 6.69 Å². The van der Waals surface area contributed by atoms with Crippen molar-refractivity contribution in [1.82, 2.24) is 0 Å². The van der Waals surface area contributed by atoms with E-state index in [1.54, 1.807) is 0 Å². The smallest absolute Gasteiger partial charge is 0.145 e. The van der Waals surface area contributed by atoms with E-state index in [1.807, 2.05) is 0 Å². The minimum Gasteiger partial charge on any atom is -0.145 e. The molecular formula is C14H26Cl2Si.